The van der Waals surface area contributed by atoms with Crippen LogP contribution in [0.4, 0.5) is 8.78 Å². The number of halogens is 2. The van der Waals surface area contributed by atoms with Gasteiger partial charge in [-0.1, -0.05) is 0 Å². The molecule has 0 amide bonds. The zero-order valence-electron chi connectivity index (χ0n) is 10.7. The molecule has 0 bridgehead atoms. The van der Waals surface area contributed by atoms with Gasteiger partial charge in [0.05, 0.1) is 17.6 Å². The van der Waals surface area contributed by atoms with Gasteiger partial charge >= 0.3 is 0 Å². The summed E-state index contributed by atoms with van der Waals surface area (Å²) in [4.78, 5) is 11.0. The topological polar surface area (TPSA) is 69.0 Å². The zero-order chi connectivity index (χ0) is 15.2. The van der Waals surface area contributed by atoms with Crippen molar-refractivity contribution in [3.8, 4) is 11.1 Å². The summed E-state index contributed by atoms with van der Waals surface area (Å²) in [7, 11) is -3.54. The van der Waals surface area contributed by atoms with Crippen molar-refractivity contribution in [3.63, 3.8) is 0 Å². The molecule has 1 saturated carbocycles. The van der Waals surface area contributed by atoms with Crippen LogP contribution in [0.2, 0.25) is 0 Å². The minimum atomic E-state index is -3.54. The molecule has 3 rings (SSSR count). The van der Waals surface area contributed by atoms with Gasteiger partial charge in [-0.05, 0) is 30.5 Å². The highest BCUT2D eigenvalue weighted by atomic mass is 32.2. The molecule has 0 saturated heterocycles. The highest BCUT2D eigenvalue weighted by Crippen LogP contribution is 2.31. The summed E-state index contributed by atoms with van der Waals surface area (Å²) in [5.41, 5.74) is 0.263. The van der Waals surface area contributed by atoms with Crippen molar-refractivity contribution in [2.75, 3.05) is 0 Å². The van der Waals surface area contributed by atoms with Crippen LogP contribution in [0.15, 0.2) is 24.5 Å². The van der Waals surface area contributed by atoms with Crippen molar-refractivity contribution < 1.29 is 22.0 Å². The van der Waals surface area contributed by atoms with Gasteiger partial charge in [0.15, 0.2) is 17.9 Å². The molecule has 21 heavy (non-hydrogen) atoms. The van der Waals surface area contributed by atoms with Crippen molar-refractivity contribution in [2.45, 2.75) is 18.1 Å². The molecule has 0 atom stereocenters. The molecule has 1 aliphatic rings. The molecule has 1 aromatic heterocycles. The van der Waals surface area contributed by atoms with Crippen LogP contribution < -0.4 is 0 Å². The van der Waals surface area contributed by atoms with Gasteiger partial charge in [0.25, 0.3) is 10.0 Å². The molecule has 8 heteroatoms. The van der Waals surface area contributed by atoms with Gasteiger partial charge < -0.3 is 0 Å². The van der Waals surface area contributed by atoms with Crippen LogP contribution in [0.3, 0.4) is 0 Å². The first-order valence-corrected chi connectivity index (χ1v) is 7.67. The average Bonchev–Trinajstić information content (AvgIpc) is 3.19. The highest BCUT2D eigenvalue weighted by molar-refractivity contribution is 7.90. The van der Waals surface area contributed by atoms with Crippen LogP contribution in [0.25, 0.3) is 11.1 Å². The summed E-state index contributed by atoms with van der Waals surface area (Å²) in [5.74, 6) is -2.26. The lowest BCUT2D eigenvalue weighted by Crippen LogP contribution is -2.17. The molecule has 1 fully saturated rings. The van der Waals surface area contributed by atoms with Gasteiger partial charge in [0.2, 0.25) is 0 Å². The Morgan fingerprint density at radius 2 is 1.90 bits per heavy atom. The van der Waals surface area contributed by atoms with Crippen molar-refractivity contribution >= 4 is 16.3 Å². The first-order chi connectivity index (χ1) is 9.93. The van der Waals surface area contributed by atoms with Crippen LogP contribution in [0.1, 0.15) is 23.2 Å². The second-order valence-electron chi connectivity index (χ2n) is 4.82. The van der Waals surface area contributed by atoms with E-state index in [1.165, 1.54) is 12.4 Å². The third-order valence-corrected chi connectivity index (χ3v) is 5.33. The van der Waals surface area contributed by atoms with Crippen molar-refractivity contribution in [1.29, 1.82) is 0 Å². The fourth-order valence-electron chi connectivity index (χ4n) is 2.01. The lowest BCUT2D eigenvalue weighted by Gasteiger charge is -2.03. The average molecular weight is 312 g/mol. The maximum absolute atomic E-state index is 13.3. The van der Waals surface area contributed by atoms with Gasteiger partial charge in [-0.2, -0.15) is 9.19 Å². The van der Waals surface area contributed by atoms with E-state index in [0.29, 0.717) is 19.1 Å². The maximum Gasteiger partial charge on any atom is 0.256 e. The maximum atomic E-state index is 13.3. The summed E-state index contributed by atoms with van der Waals surface area (Å²) in [5, 5.41) is 3.31. The molecule has 1 heterocycles. The van der Waals surface area contributed by atoms with Crippen LogP contribution in [0.5, 0.6) is 0 Å². The number of nitrogens with zero attached hydrogens (tertiary/aromatic N) is 2. The monoisotopic (exact) mass is 312 g/mol. The third kappa shape index (κ3) is 2.35. The molecule has 0 unspecified atom stereocenters. The summed E-state index contributed by atoms with van der Waals surface area (Å²) in [6.45, 7) is 0. The van der Waals surface area contributed by atoms with Crippen LogP contribution in [-0.4, -0.2) is 29.1 Å². The van der Waals surface area contributed by atoms with Crippen molar-refractivity contribution in [1.82, 2.24) is 9.19 Å². The predicted octanol–water partition coefficient (Wildman–Crippen LogP) is 1.98. The van der Waals surface area contributed by atoms with E-state index in [1.807, 2.05) is 0 Å². The second kappa shape index (κ2) is 4.73. The predicted molar refractivity (Wildman–Crippen MR) is 70.3 cm³/mol. The van der Waals surface area contributed by atoms with Gasteiger partial charge in [-0.15, -0.1) is 0 Å². The second-order valence-corrected chi connectivity index (χ2v) is 6.89. The van der Waals surface area contributed by atoms with Crippen LogP contribution in [0, 0.1) is 11.6 Å². The number of carbonyl (C=O) groups excluding carboxylic acids is 1. The number of hydrogen-bond acceptors (Lipinski definition) is 4. The molecule has 1 aromatic carbocycles. The Hall–Kier alpha value is -2.09. The van der Waals surface area contributed by atoms with Crippen molar-refractivity contribution in [2.24, 2.45) is 0 Å². The van der Waals surface area contributed by atoms with E-state index in [0.717, 1.165) is 16.2 Å². The molecule has 110 valence electrons. The van der Waals surface area contributed by atoms with Gasteiger partial charge in [0, 0.05) is 11.1 Å². The largest absolute Gasteiger partial charge is 0.298 e. The zero-order valence-corrected chi connectivity index (χ0v) is 11.5. The molecular formula is C13H10F2N2O3S. The Morgan fingerprint density at radius 3 is 2.52 bits per heavy atom. The molecule has 1 aliphatic carbocycles. The lowest BCUT2D eigenvalue weighted by atomic mass is 10.0. The quantitative estimate of drug-likeness (QED) is 0.810. The molecule has 0 radical (unpaired) electrons. The normalized spacial score (nSPS) is 15.1. The molecular weight excluding hydrogens is 302 g/mol. The van der Waals surface area contributed by atoms with E-state index >= 15 is 0 Å². The lowest BCUT2D eigenvalue weighted by molar-refractivity contribution is 0.112. The summed E-state index contributed by atoms with van der Waals surface area (Å²) < 4.78 is 51.3. The number of benzene rings is 1. The first kappa shape index (κ1) is 13.9. The smallest absolute Gasteiger partial charge is 0.256 e. The van der Waals surface area contributed by atoms with E-state index in [1.54, 1.807) is 0 Å². The van der Waals surface area contributed by atoms with E-state index in [4.69, 9.17) is 0 Å². The van der Waals surface area contributed by atoms with E-state index in [-0.39, 0.29) is 16.7 Å². The number of carbonyl (C=O) groups is 1. The third-order valence-electron chi connectivity index (χ3n) is 3.30. The fourth-order valence-corrected chi connectivity index (χ4v) is 3.49. The van der Waals surface area contributed by atoms with E-state index in [9.17, 15) is 22.0 Å². The van der Waals surface area contributed by atoms with Gasteiger partial charge in [0.1, 0.15) is 0 Å². The molecule has 2 aromatic rings. The number of rotatable bonds is 4. The summed E-state index contributed by atoms with van der Waals surface area (Å²) in [6.07, 6.45) is 3.96. The Bertz CT molecular complexity index is 826. The Balaban J connectivity index is 2.08. The number of aromatic nitrogens is 2. The molecule has 0 spiro atoms. The minimum Gasteiger partial charge on any atom is -0.298 e. The van der Waals surface area contributed by atoms with E-state index in [2.05, 4.69) is 5.10 Å². The fraction of sp³-hybridized carbons (Fsp3) is 0.231. The minimum absolute atomic E-state index is 0.0720. The summed E-state index contributed by atoms with van der Waals surface area (Å²) >= 11 is 0. The van der Waals surface area contributed by atoms with Crippen LogP contribution in [-0.2, 0) is 10.0 Å². The molecule has 5 nitrogen and oxygen atoms in total. The van der Waals surface area contributed by atoms with Gasteiger partial charge in [-0.3, -0.25) is 4.79 Å². The SMILES string of the molecule is O=Cc1cc(F)c(F)cc1-c1cnn(S(=O)(=O)C2CC2)c1. The number of hydrogen-bond donors (Lipinski definition) is 0. The Kier molecular flexibility index (Phi) is 3.12. The van der Waals surface area contributed by atoms with Crippen LogP contribution >= 0.6 is 0 Å². The standard InChI is InChI=1S/C13H10F2N2O3S/c14-12-3-8(7-18)11(4-13(12)15)9-5-16-17(6-9)21(19,20)10-1-2-10/h3-7,10H,1-2H2. The number of aldehydes is 1. The van der Waals surface area contributed by atoms with Crippen molar-refractivity contribution in [3.05, 3.63) is 41.7 Å². The molecule has 0 aliphatic heterocycles. The molecule has 0 N–H and O–H groups in total. The summed E-state index contributed by atoms with van der Waals surface area (Å²) in [6, 6.07) is 1.62. The Morgan fingerprint density at radius 1 is 1.24 bits per heavy atom. The highest BCUT2D eigenvalue weighted by Gasteiger charge is 2.37. The van der Waals surface area contributed by atoms with E-state index < -0.39 is 26.9 Å². The van der Waals surface area contributed by atoms with Gasteiger partial charge in [-0.25, -0.2) is 17.2 Å². The Labute approximate surface area is 119 Å². The first-order valence-electron chi connectivity index (χ1n) is 6.17.